The van der Waals surface area contributed by atoms with Gasteiger partial charge in [0.2, 0.25) is 0 Å². The molecule has 0 unspecified atom stereocenters. The zero-order valence-corrected chi connectivity index (χ0v) is 16.4. The zero-order valence-electron chi connectivity index (χ0n) is 15.6. The fourth-order valence-corrected chi connectivity index (χ4v) is 4.87. The Morgan fingerprint density at radius 1 is 1.10 bits per heavy atom. The van der Waals surface area contributed by atoms with E-state index in [2.05, 4.69) is 15.3 Å². The minimum atomic E-state index is -0.776. The van der Waals surface area contributed by atoms with Gasteiger partial charge in [-0.3, -0.25) is 14.6 Å². The molecule has 150 valence electrons. The monoisotopic (exact) mass is 416 g/mol. The summed E-state index contributed by atoms with van der Waals surface area (Å²) in [6, 6.07) is 2.83. The van der Waals surface area contributed by atoms with E-state index in [9.17, 15) is 18.4 Å². The smallest absolute Gasteiger partial charge is 0.261 e. The van der Waals surface area contributed by atoms with E-state index in [4.69, 9.17) is 0 Å². The maximum absolute atomic E-state index is 13.4. The number of thiophene rings is 1. The molecule has 1 fully saturated rings. The fourth-order valence-electron chi connectivity index (χ4n) is 3.74. The molecular formula is C20H18F2N4O2S. The summed E-state index contributed by atoms with van der Waals surface area (Å²) in [6.45, 7) is 0.846. The Labute approximate surface area is 169 Å². The maximum atomic E-state index is 13.4. The van der Waals surface area contributed by atoms with Gasteiger partial charge in [0.05, 0.1) is 4.88 Å². The summed E-state index contributed by atoms with van der Waals surface area (Å²) in [5.74, 6) is -2.09. The van der Waals surface area contributed by atoms with Crippen LogP contribution in [0.2, 0.25) is 0 Å². The van der Waals surface area contributed by atoms with Crippen molar-refractivity contribution in [1.82, 2.24) is 20.2 Å². The Bertz CT molecular complexity index is 1070. The Morgan fingerprint density at radius 2 is 1.76 bits per heavy atom. The fraction of sp³-hybridized carbons (Fsp3) is 0.300. The summed E-state index contributed by atoms with van der Waals surface area (Å²) in [5, 5.41) is 2.66. The van der Waals surface area contributed by atoms with Gasteiger partial charge in [-0.15, -0.1) is 11.3 Å². The molecule has 1 aliphatic heterocycles. The van der Waals surface area contributed by atoms with Crippen LogP contribution in [0.1, 0.15) is 44.4 Å². The number of halogens is 2. The Kier molecular flexibility index (Phi) is 5.23. The third kappa shape index (κ3) is 3.69. The molecule has 1 aliphatic rings. The number of fused-ring (bicyclic) bond motifs is 1. The van der Waals surface area contributed by atoms with Crippen molar-refractivity contribution in [3.8, 4) is 0 Å². The van der Waals surface area contributed by atoms with E-state index in [1.165, 1.54) is 11.3 Å². The first-order valence-electron chi connectivity index (χ1n) is 9.18. The minimum absolute atomic E-state index is 0.00107. The first kappa shape index (κ1) is 19.4. The van der Waals surface area contributed by atoms with Crippen molar-refractivity contribution < 1.29 is 18.4 Å². The average molecular weight is 416 g/mol. The van der Waals surface area contributed by atoms with Gasteiger partial charge in [0.25, 0.3) is 11.8 Å². The number of likely N-dealkylation sites (tertiary alicyclic amines) is 1. The van der Waals surface area contributed by atoms with Gasteiger partial charge in [0.15, 0.2) is 0 Å². The molecule has 0 saturated carbocycles. The van der Waals surface area contributed by atoms with Crippen LogP contribution in [-0.4, -0.2) is 46.8 Å². The molecule has 2 aromatic heterocycles. The van der Waals surface area contributed by atoms with Crippen LogP contribution in [0, 0.1) is 11.6 Å². The molecule has 9 heteroatoms. The van der Waals surface area contributed by atoms with Crippen molar-refractivity contribution in [2.45, 2.75) is 18.8 Å². The number of hydrogen-bond donors (Lipinski definition) is 1. The molecule has 0 aliphatic carbocycles. The van der Waals surface area contributed by atoms with Gasteiger partial charge in [0, 0.05) is 49.7 Å². The number of carbonyl (C=O) groups is 2. The van der Waals surface area contributed by atoms with E-state index in [1.807, 2.05) is 0 Å². The van der Waals surface area contributed by atoms with Gasteiger partial charge >= 0.3 is 0 Å². The Morgan fingerprint density at radius 3 is 2.41 bits per heavy atom. The molecule has 1 saturated heterocycles. The predicted molar refractivity (Wildman–Crippen MR) is 105 cm³/mol. The maximum Gasteiger partial charge on any atom is 0.261 e. The predicted octanol–water partition coefficient (Wildman–Crippen LogP) is 3.35. The topological polar surface area (TPSA) is 75.2 Å². The van der Waals surface area contributed by atoms with Crippen molar-refractivity contribution in [3.63, 3.8) is 0 Å². The van der Waals surface area contributed by atoms with Gasteiger partial charge in [-0.2, -0.15) is 0 Å². The molecule has 1 aromatic carbocycles. The first-order chi connectivity index (χ1) is 14.0. The molecule has 2 amide bonds. The second kappa shape index (κ2) is 7.82. The third-order valence-corrected chi connectivity index (χ3v) is 6.20. The van der Waals surface area contributed by atoms with Gasteiger partial charge in [-0.05, 0) is 30.9 Å². The number of rotatable bonds is 3. The molecule has 1 N–H and O–H groups in total. The largest absolute Gasteiger partial charge is 0.354 e. The lowest BCUT2D eigenvalue weighted by Crippen LogP contribution is -2.38. The highest BCUT2D eigenvalue weighted by molar-refractivity contribution is 7.20. The van der Waals surface area contributed by atoms with E-state index in [-0.39, 0.29) is 17.4 Å². The van der Waals surface area contributed by atoms with Crippen molar-refractivity contribution in [1.29, 1.82) is 0 Å². The van der Waals surface area contributed by atoms with Crippen LogP contribution in [0.4, 0.5) is 8.78 Å². The van der Waals surface area contributed by atoms with Crippen LogP contribution < -0.4 is 5.32 Å². The van der Waals surface area contributed by atoms with Crippen LogP contribution in [0.15, 0.2) is 30.6 Å². The lowest BCUT2D eigenvalue weighted by atomic mass is 9.88. The SMILES string of the molecule is CNC(=O)c1sc2nccnc2c1C1CCN(C(=O)c2cc(F)cc(F)c2)CC1. The van der Waals surface area contributed by atoms with Crippen molar-refractivity contribution >= 4 is 33.5 Å². The average Bonchev–Trinajstić information content (AvgIpc) is 3.11. The van der Waals surface area contributed by atoms with Crippen LogP contribution in [0.25, 0.3) is 10.3 Å². The van der Waals surface area contributed by atoms with Gasteiger partial charge in [-0.1, -0.05) is 0 Å². The highest BCUT2D eigenvalue weighted by atomic mass is 32.1. The van der Waals surface area contributed by atoms with E-state index < -0.39 is 17.5 Å². The quantitative estimate of drug-likeness (QED) is 0.711. The summed E-state index contributed by atoms with van der Waals surface area (Å²) < 4.78 is 26.9. The van der Waals surface area contributed by atoms with Crippen LogP contribution in [0.5, 0.6) is 0 Å². The van der Waals surface area contributed by atoms with Crippen LogP contribution in [-0.2, 0) is 0 Å². The highest BCUT2D eigenvalue weighted by Crippen LogP contribution is 2.39. The van der Waals surface area contributed by atoms with E-state index in [0.29, 0.717) is 41.2 Å². The zero-order chi connectivity index (χ0) is 20.5. The number of benzene rings is 1. The van der Waals surface area contributed by atoms with E-state index in [0.717, 1.165) is 23.8 Å². The van der Waals surface area contributed by atoms with Gasteiger partial charge < -0.3 is 10.2 Å². The molecule has 6 nitrogen and oxygen atoms in total. The van der Waals surface area contributed by atoms with Crippen LogP contribution >= 0.6 is 11.3 Å². The third-order valence-electron chi connectivity index (χ3n) is 5.10. The lowest BCUT2D eigenvalue weighted by molar-refractivity contribution is 0.0711. The number of amides is 2. The normalized spacial score (nSPS) is 14.9. The molecule has 0 radical (unpaired) electrons. The second-order valence-electron chi connectivity index (χ2n) is 6.86. The van der Waals surface area contributed by atoms with Crippen LogP contribution in [0.3, 0.4) is 0 Å². The molecule has 3 aromatic rings. The molecule has 0 atom stereocenters. The number of carbonyl (C=O) groups excluding carboxylic acids is 2. The number of aromatic nitrogens is 2. The standard InChI is InChI=1S/C20H18F2N4O2S/c1-23-18(27)17-15(16-19(29-17)25-5-4-24-16)11-2-6-26(7-3-11)20(28)12-8-13(21)10-14(22)9-12/h4-5,8-11H,2-3,6-7H2,1H3,(H,23,27). The summed E-state index contributed by atoms with van der Waals surface area (Å²) in [6.07, 6.45) is 4.44. The second-order valence-corrected chi connectivity index (χ2v) is 7.86. The highest BCUT2D eigenvalue weighted by Gasteiger charge is 2.31. The molecule has 0 bridgehead atoms. The number of nitrogens with one attached hydrogen (secondary N) is 1. The Hall–Kier alpha value is -2.94. The summed E-state index contributed by atoms with van der Waals surface area (Å²) >= 11 is 1.31. The number of hydrogen-bond acceptors (Lipinski definition) is 5. The Balaban J connectivity index is 1.57. The minimum Gasteiger partial charge on any atom is -0.354 e. The number of nitrogens with zero attached hydrogens (tertiary/aromatic N) is 3. The summed E-state index contributed by atoms with van der Waals surface area (Å²) in [4.78, 5) is 36.6. The molecular weight excluding hydrogens is 398 g/mol. The molecule has 4 rings (SSSR count). The first-order valence-corrected chi connectivity index (χ1v) is 10.0. The summed E-state index contributed by atoms with van der Waals surface area (Å²) in [7, 11) is 1.58. The molecule has 29 heavy (non-hydrogen) atoms. The summed E-state index contributed by atoms with van der Waals surface area (Å²) in [5.41, 5.74) is 1.58. The van der Waals surface area contributed by atoms with Gasteiger partial charge in [-0.25, -0.2) is 13.8 Å². The van der Waals surface area contributed by atoms with Gasteiger partial charge in [0.1, 0.15) is 22.0 Å². The molecule has 0 spiro atoms. The number of piperidine rings is 1. The van der Waals surface area contributed by atoms with E-state index >= 15 is 0 Å². The van der Waals surface area contributed by atoms with Crippen molar-refractivity contribution in [2.75, 3.05) is 20.1 Å². The van der Waals surface area contributed by atoms with Crippen molar-refractivity contribution in [3.05, 3.63) is 58.2 Å². The van der Waals surface area contributed by atoms with Crippen molar-refractivity contribution in [2.24, 2.45) is 0 Å². The van der Waals surface area contributed by atoms with E-state index in [1.54, 1.807) is 24.3 Å². The molecule has 3 heterocycles. The lowest BCUT2D eigenvalue weighted by Gasteiger charge is -2.32.